The van der Waals surface area contributed by atoms with E-state index in [9.17, 15) is 14.3 Å². The number of benzene rings is 1. The van der Waals surface area contributed by atoms with Gasteiger partial charge in [-0.15, -0.1) is 0 Å². The van der Waals surface area contributed by atoms with Crippen LogP contribution >= 0.6 is 0 Å². The van der Waals surface area contributed by atoms with Crippen molar-refractivity contribution in [1.82, 2.24) is 0 Å². The van der Waals surface area contributed by atoms with Gasteiger partial charge in [0.2, 0.25) is 0 Å². The van der Waals surface area contributed by atoms with E-state index in [-0.39, 0.29) is 17.1 Å². The summed E-state index contributed by atoms with van der Waals surface area (Å²) in [6, 6.07) is 1.54. The topological polar surface area (TPSA) is 37.3 Å². The lowest BCUT2D eigenvalue weighted by Gasteiger charge is -2.11. The van der Waals surface area contributed by atoms with E-state index in [1.54, 1.807) is 13.0 Å². The van der Waals surface area contributed by atoms with Gasteiger partial charge in [0.1, 0.15) is 11.6 Å². The molecule has 1 aromatic carbocycles. The van der Waals surface area contributed by atoms with Crippen molar-refractivity contribution in [2.75, 3.05) is 0 Å². The van der Waals surface area contributed by atoms with Crippen molar-refractivity contribution in [3.05, 3.63) is 34.1 Å². The molecular weight excluding hydrogens is 267 g/mol. The Morgan fingerprint density at radius 2 is 2.00 bits per heavy atom. The Kier molecular flexibility index (Phi) is 6.13. The Bertz CT molecular complexity index is 557. The van der Waals surface area contributed by atoms with Crippen molar-refractivity contribution in [1.29, 1.82) is 0 Å². The van der Waals surface area contributed by atoms with E-state index in [0.29, 0.717) is 29.0 Å². The third kappa shape index (κ3) is 4.69. The molecule has 1 N–H and O–H groups in total. The SMILES string of the molecule is CC(=O)/C(=C\c1c(C)cc(O)c(C)c1F)CCCC(C)C. The monoisotopic (exact) mass is 292 g/mol. The van der Waals surface area contributed by atoms with Crippen LogP contribution in [0.5, 0.6) is 5.75 Å². The molecule has 0 aliphatic rings. The number of aromatic hydroxyl groups is 1. The number of aryl methyl sites for hydroxylation is 1. The Balaban J connectivity index is 3.12. The molecule has 116 valence electrons. The van der Waals surface area contributed by atoms with Crippen LogP contribution in [-0.2, 0) is 4.79 Å². The second-order valence-electron chi connectivity index (χ2n) is 6.08. The second-order valence-corrected chi connectivity index (χ2v) is 6.08. The molecule has 0 spiro atoms. The number of hydrogen-bond acceptors (Lipinski definition) is 2. The predicted octanol–water partition coefficient (Wildman–Crippen LogP) is 4.95. The largest absolute Gasteiger partial charge is 0.508 e. The lowest BCUT2D eigenvalue weighted by molar-refractivity contribution is -0.113. The number of carbonyl (C=O) groups is 1. The second kappa shape index (κ2) is 7.39. The molecule has 0 atom stereocenters. The molecular formula is C18H25FO2. The van der Waals surface area contributed by atoms with E-state index in [0.717, 1.165) is 12.8 Å². The summed E-state index contributed by atoms with van der Waals surface area (Å²) in [6.45, 7) is 9.07. The van der Waals surface area contributed by atoms with Crippen molar-refractivity contribution in [3.8, 4) is 5.75 Å². The molecule has 1 rings (SSSR count). The van der Waals surface area contributed by atoms with E-state index >= 15 is 0 Å². The fourth-order valence-corrected chi connectivity index (χ4v) is 2.28. The number of ketones is 1. The highest BCUT2D eigenvalue weighted by molar-refractivity contribution is 5.98. The van der Waals surface area contributed by atoms with Gasteiger partial charge in [0.05, 0.1) is 0 Å². The van der Waals surface area contributed by atoms with Crippen LogP contribution in [0, 0.1) is 25.6 Å². The van der Waals surface area contributed by atoms with Crippen molar-refractivity contribution in [2.24, 2.45) is 5.92 Å². The summed E-state index contributed by atoms with van der Waals surface area (Å²) < 4.78 is 14.3. The predicted molar refractivity (Wildman–Crippen MR) is 84.9 cm³/mol. The van der Waals surface area contributed by atoms with Crippen LogP contribution in [0.25, 0.3) is 6.08 Å². The van der Waals surface area contributed by atoms with E-state index in [1.807, 2.05) is 0 Å². The molecule has 0 saturated heterocycles. The number of phenols is 1. The van der Waals surface area contributed by atoms with Crippen LogP contribution in [0.1, 0.15) is 56.7 Å². The molecule has 0 heterocycles. The van der Waals surface area contributed by atoms with Gasteiger partial charge in [0.25, 0.3) is 0 Å². The highest BCUT2D eigenvalue weighted by atomic mass is 19.1. The van der Waals surface area contributed by atoms with Crippen LogP contribution in [0.3, 0.4) is 0 Å². The maximum atomic E-state index is 14.3. The van der Waals surface area contributed by atoms with Gasteiger partial charge in [0, 0.05) is 11.1 Å². The summed E-state index contributed by atoms with van der Waals surface area (Å²) in [6.07, 6.45) is 4.26. The average Bonchev–Trinajstić information content (AvgIpc) is 2.38. The molecule has 3 heteroatoms. The molecule has 0 unspecified atom stereocenters. The van der Waals surface area contributed by atoms with Gasteiger partial charge in [0.15, 0.2) is 5.78 Å². The van der Waals surface area contributed by atoms with Gasteiger partial charge in [-0.25, -0.2) is 4.39 Å². The van der Waals surface area contributed by atoms with Crippen molar-refractivity contribution in [3.63, 3.8) is 0 Å². The zero-order valence-electron chi connectivity index (χ0n) is 13.6. The summed E-state index contributed by atoms with van der Waals surface area (Å²) >= 11 is 0. The minimum absolute atomic E-state index is 0.0247. The fourth-order valence-electron chi connectivity index (χ4n) is 2.28. The zero-order chi connectivity index (χ0) is 16.2. The van der Waals surface area contributed by atoms with Gasteiger partial charge >= 0.3 is 0 Å². The normalized spacial score (nSPS) is 12.0. The lowest BCUT2D eigenvalue weighted by atomic mass is 9.96. The Morgan fingerprint density at radius 1 is 1.38 bits per heavy atom. The maximum Gasteiger partial charge on any atom is 0.155 e. The number of hydrogen-bond donors (Lipinski definition) is 1. The molecule has 0 radical (unpaired) electrons. The number of carbonyl (C=O) groups excluding carboxylic acids is 1. The standard InChI is InChI=1S/C18H25FO2/c1-11(2)7-6-8-15(14(5)20)10-16-12(3)9-17(21)13(4)18(16)19/h9-11,21H,6-8H2,1-5H3/b15-10-. The van der Waals surface area contributed by atoms with E-state index in [4.69, 9.17) is 0 Å². The smallest absolute Gasteiger partial charge is 0.155 e. The highest BCUT2D eigenvalue weighted by Crippen LogP contribution is 2.28. The molecule has 21 heavy (non-hydrogen) atoms. The highest BCUT2D eigenvalue weighted by Gasteiger charge is 2.13. The van der Waals surface area contributed by atoms with Crippen molar-refractivity contribution < 1.29 is 14.3 Å². The zero-order valence-corrected chi connectivity index (χ0v) is 13.6. The Labute approximate surface area is 126 Å². The minimum Gasteiger partial charge on any atom is -0.508 e. The number of phenolic OH excluding ortho intramolecular Hbond substituents is 1. The first-order chi connectivity index (χ1) is 9.73. The summed E-state index contributed by atoms with van der Waals surface area (Å²) in [5.41, 5.74) is 1.90. The van der Waals surface area contributed by atoms with Crippen LogP contribution in [-0.4, -0.2) is 10.9 Å². The maximum absolute atomic E-state index is 14.3. The summed E-state index contributed by atoms with van der Waals surface area (Å²) in [4.78, 5) is 11.8. The fraction of sp³-hybridized carbons (Fsp3) is 0.500. The first-order valence-corrected chi connectivity index (χ1v) is 7.44. The molecule has 2 nitrogen and oxygen atoms in total. The molecule has 0 aromatic heterocycles. The molecule has 0 fully saturated rings. The van der Waals surface area contributed by atoms with Crippen molar-refractivity contribution >= 4 is 11.9 Å². The van der Waals surface area contributed by atoms with Crippen molar-refractivity contribution in [2.45, 2.75) is 53.9 Å². The number of halogens is 1. The molecule has 1 aromatic rings. The lowest BCUT2D eigenvalue weighted by Crippen LogP contribution is -2.00. The first kappa shape index (κ1) is 17.4. The summed E-state index contributed by atoms with van der Waals surface area (Å²) in [7, 11) is 0. The molecule has 0 bridgehead atoms. The summed E-state index contributed by atoms with van der Waals surface area (Å²) in [5, 5.41) is 9.62. The Morgan fingerprint density at radius 3 is 2.52 bits per heavy atom. The van der Waals surface area contributed by atoms with Crippen LogP contribution < -0.4 is 0 Å². The quantitative estimate of drug-likeness (QED) is 0.753. The van der Waals surface area contributed by atoms with Crippen LogP contribution in [0.15, 0.2) is 11.6 Å². The van der Waals surface area contributed by atoms with Crippen LogP contribution in [0.4, 0.5) is 4.39 Å². The number of allylic oxidation sites excluding steroid dienone is 1. The van der Waals surface area contributed by atoms with Gasteiger partial charge < -0.3 is 5.11 Å². The first-order valence-electron chi connectivity index (χ1n) is 7.44. The molecule has 0 aliphatic carbocycles. The van der Waals surface area contributed by atoms with E-state index in [2.05, 4.69) is 13.8 Å². The van der Waals surface area contributed by atoms with Gasteiger partial charge in [-0.05, 0) is 62.8 Å². The van der Waals surface area contributed by atoms with E-state index in [1.165, 1.54) is 19.9 Å². The number of Topliss-reactive ketones (excluding diaryl/α,β-unsaturated/α-hetero) is 1. The minimum atomic E-state index is -0.449. The number of rotatable bonds is 6. The summed E-state index contributed by atoms with van der Waals surface area (Å²) in [5.74, 6) is 0.0670. The van der Waals surface area contributed by atoms with Gasteiger partial charge in [-0.3, -0.25) is 4.79 Å². The molecule has 0 saturated carbocycles. The van der Waals surface area contributed by atoms with E-state index < -0.39 is 5.82 Å². The van der Waals surface area contributed by atoms with Gasteiger partial charge in [-0.2, -0.15) is 0 Å². The molecule has 0 aliphatic heterocycles. The third-order valence-electron chi connectivity index (χ3n) is 3.73. The average molecular weight is 292 g/mol. The Hall–Kier alpha value is -1.64. The molecule has 0 amide bonds. The van der Waals surface area contributed by atoms with Crippen LogP contribution in [0.2, 0.25) is 0 Å². The third-order valence-corrected chi connectivity index (χ3v) is 3.73. The van der Waals surface area contributed by atoms with Gasteiger partial charge in [-0.1, -0.05) is 20.3 Å².